The first-order chi connectivity index (χ1) is 17.0. The van der Waals surface area contributed by atoms with Gasteiger partial charge in [-0.05, 0) is 37.1 Å². The van der Waals surface area contributed by atoms with Crippen LogP contribution in [-0.4, -0.2) is 36.9 Å². The first-order valence-electron chi connectivity index (χ1n) is 11.1. The number of thiazole rings is 1. The Balaban J connectivity index is 1.85. The van der Waals surface area contributed by atoms with Crippen molar-refractivity contribution in [2.24, 2.45) is 0 Å². The monoisotopic (exact) mass is 559 g/mol. The van der Waals surface area contributed by atoms with Gasteiger partial charge in [-0.15, -0.1) is 11.8 Å². The number of ketones is 1. The molecule has 0 aliphatic heterocycles. The summed E-state index contributed by atoms with van der Waals surface area (Å²) in [5, 5.41) is 16.4. The second kappa shape index (κ2) is 10.8. The normalized spacial score (nSPS) is 11.3. The molecule has 2 aromatic carbocycles. The molecule has 4 aromatic rings. The molecule has 1 N–H and O–H groups in total. The number of carboxylic acid groups (broad SMARTS) is 1. The third-order valence-corrected chi connectivity index (χ3v) is 8.24. The zero-order chi connectivity index (χ0) is 26.1. The average Bonchev–Trinajstić information content (AvgIpc) is 3.36. The molecule has 0 aliphatic rings. The highest BCUT2D eigenvalue weighted by molar-refractivity contribution is 8.01. The lowest BCUT2D eigenvalue weighted by atomic mass is 10.0. The standard InChI is InChI=1S/C26H23Cl2N3O3S2/c1-13(2)35-25-22(18-9-10-19(27)20(28)12-18)29-26(36-25)31-23(24(33)34)21(15(4)30-31)17-7-5-16(6-8-17)11-14(3)32/h5-10,12-13H,11H2,1-4H3,(H,33,34). The van der Waals surface area contributed by atoms with E-state index in [0.29, 0.717) is 44.1 Å². The van der Waals surface area contributed by atoms with E-state index < -0.39 is 5.97 Å². The van der Waals surface area contributed by atoms with Gasteiger partial charge in [0.15, 0.2) is 5.69 Å². The molecule has 6 nitrogen and oxygen atoms in total. The highest BCUT2D eigenvalue weighted by Crippen LogP contribution is 2.42. The Hall–Kier alpha value is -2.65. The molecule has 0 spiro atoms. The fourth-order valence-electron chi connectivity index (χ4n) is 3.79. The van der Waals surface area contributed by atoms with Crippen molar-refractivity contribution in [2.45, 2.75) is 43.6 Å². The van der Waals surface area contributed by atoms with Crippen LogP contribution >= 0.6 is 46.3 Å². The summed E-state index contributed by atoms with van der Waals surface area (Å²) in [7, 11) is 0. The Morgan fingerprint density at radius 3 is 2.33 bits per heavy atom. The number of carbonyl (C=O) groups is 2. The minimum atomic E-state index is -1.11. The fourth-order valence-corrected chi connectivity index (χ4v) is 6.57. The van der Waals surface area contributed by atoms with Crippen LogP contribution in [-0.2, 0) is 11.2 Å². The molecule has 0 atom stereocenters. The lowest BCUT2D eigenvalue weighted by Crippen LogP contribution is -2.09. The van der Waals surface area contributed by atoms with Crippen molar-refractivity contribution >= 4 is 58.1 Å². The number of thioether (sulfide) groups is 1. The van der Waals surface area contributed by atoms with Crippen LogP contribution in [0.25, 0.3) is 27.5 Å². The number of halogens is 2. The topological polar surface area (TPSA) is 85.1 Å². The molecule has 2 aromatic heterocycles. The zero-order valence-corrected chi connectivity index (χ0v) is 23.1. The molecule has 2 heterocycles. The number of carbonyl (C=O) groups excluding carboxylic acids is 1. The number of aromatic nitrogens is 3. The van der Waals surface area contributed by atoms with Crippen molar-refractivity contribution < 1.29 is 14.7 Å². The summed E-state index contributed by atoms with van der Waals surface area (Å²) in [5.41, 5.74) is 4.18. The summed E-state index contributed by atoms with van der Waals surface area (Å²) in [6.07, 6.45) is 0.331. The molecule has 4 rings (SSSR count). The second-order valence-corrected chi connectivity index (χ2v) is 12.2. The number of carboxylic acids is 1. The minimum Gasteiger partial charge on any atom is -0.476 e. The van der Waals surface area contributed by atoms with Crippen LogP contribution in [0.15, 0.2) is 46.7 Å². The summed E-state index contributed by atoms with van der Waals surface area (Å²) in [4.78, 5) is 28.7. The van der Waals surface area contributed by atoms with Gasteiger partial charge >= 0.3 is 5.97 Å². The van der Waals surface area contributed by atoms with Gasteiger partial charge < -0.3 is 5.11 Å². The van der Waals surface area contributed by atoms with Crippen LogP contribution in [0.3, 0.4) is 0 Å². The van der Waals surface area contributed by atoms with Crippen molar-refractivity contribution in [1.82, 2.24) is 14.8 Å². The molecule has 0 bridgehead atoms. The highest BCUT2D eigenvalue weighted by Gasteiger charge is 2.27. The maximum absolute atomic E-state index is 12.5. The zero-order valence-electron chi connectivity index (χ0n) is 20.0. The number of aromatic carboxylic acids is 1. The Morgan fingerprint density at radius 2 is 1.75 bits per heavy atom. The Bertz CT molecular complexity index is 1460. The Kier molecular flexibility index (Phi) is 7.90. The molecule has 0 fully saturated rings. The SMILES string of the molecule is CC(=O)Cc1ccc(-c2c(C)nn(-c3nc(-c4ccc(Cl)c(Cl)c4)c(SC(C)C)s3)c2C(=O)O)cc1. The van der Waals surface area contributed by atoms with Crippen molar-refractivity contribution in [3.63, 3.8) is 0 Å². The van der Waals surface area contributed by atoms with Crippen LogP contribution in [0.4, 0.5) is 0 Å². The molecule has 10 heteroatoms. The summed E-state index contributed by atoms with van der Waals surface area (Å²) < 4.78 is 2.32. The van der Waals surface area contributed by atoms with Crippen LogP contribution in [0, 0.1) is 6.92 Å². The number of aryl methyl sites for hydroxylation is 1. The van der Waals surface area contributed by atoms with Gasteiger partial charge in [0.1, 0.15) is 5.78 Å². The number of rotatable bonds is 8. The van der Waals surface area contributed by atoms with Crippen molar-refractivity contribution in [2.75, 3.05) is 0 Å². The van der Waals surface area contributed by atoms with Crippen LogP contribution in [0.2, 0.25) is 10.0 Å². The second-order valence-electron chi connectivity index (χ2n) is 8.53. The number of benzene rings is 2. The molecule has 0 saturated heterocycles. The van der Waals surface area contributed by atoms with Crippen LogP contribution in [0.1, 0.15) is 42.5 Å². The van der Waals surface area contributed by atoms with E-state index in [0.717, 1.165) is 15.3 Å². The molecule has 0 radical (unpaired) electrons. The molecule has 0 unspecified atom stereocenters. The third-order valence-electron chi connectivity index (χ3n) is 5.26. The van der Waals surface area contributed by atoms with E-state index >= 15 is 0 Å². The van der Waals surface area contributed by atoms with Gasteiger partial charge in [-0.25, -0.2) is 9.78 Å². The van der Waals surface area contributed by atoms with Crippen molar-refractivity contribution in [1.29, 1.82) is 0 Å². The summed E-state index contributed by atoms with van der Waals surface area (Å²) in [6, 6.07) is 12.6. The first kappa shape index (κ1) is 26.4. The molecule has 0 amide bonds. The van der Waals surface area contributed by atoms with Gasteiger partial charge in [0.2, 0.25) is 5.13 Å². The van der Waals surface area contributed by atoms with Gasteiger partial charge in [-0.1, -0.05) is 78.7 Å². The summed E-state index contributed by atoms with van der Waals surface area (Å²) in [5.74, 6) is -1.04. The van der Waals surface area contributed by atoms with Crippen LogP contribution < -0.4 is 0 Å². The van der Waals surface area contributed by atoms with Crippen molar-refractivity contribution in [3.8, 4) is 27.5 Å². The summed E-state index contributed by atoms with van der Waals surface area (Å²) in [6.45, 7) is 7.48. The predicted molar refractivity (Wildman–Crippen MR) is 147 cm³/mol. The van der Waals surface area contributed by atoms with E-state index in [1.165, 1.54) is 22.9 Å². The predicted octanol–water partition coefficient (Wildman–Crippen LogP) is 7.61. The molecular weight excluding hydrogens is 537 g/mol. The third kappa shape index (κ3) is 5.52. The smallest absolute Gasteiger partial charge is 0.355 e. The molecular formula is C26H23Cl2N3O3S2. The largest absolute Gasteiger partial charge is 0.476 e. The summed E-state index contributed by atoms with van der Waals surface area (Å²) >= 11 is 15.4. The van der Waals surface area contributed by atoms with Crippen molar-refractivity contribution in [3.05, 3.63) is 69.5 Å². The van der Waals surface area contributed by atoms with E-state index in [9.17, 15) is 14.7 Å². The highest BCUT2D eigenvalue weighted by atomic mass is 35.5. The molecule has 36 heavy (non-hydrogen) atoms. The Morgan fingerprint density at radius 1 is 1.08 bits per heavy atom. The van der Waals surface area contributed by atoms with E-state index in [1.807, 2.05) is 30.3 Å². The van der Waals surface area contributed by atoms with E-state index in [1.54, 1.807) is 30.8 Å². The van der Waals surface area contributed by atoms with Crippen LogP contribution in [0.5, 0.6) is 0 Å². The fraction of sp³-hybridized carbons (Fsp3) is 0.231. The number of hydrogen-bond donors (Lipinski definition) is 1. The van der Waals surface area contributed by atoms with Gasteiger partial charge in [0, 0.05) is 22.8 Å². The van der Waals surface area contributed by atoms with Gasteiger partial charge in [-0.2, -0.15) is 9.78 Å². The molecule has 0 saturated carbocycles. The molecule has 186 valence electrons. The van der Waals surface area contributed by atoms with Gasteiger partial charge in [-0.3, -0.25) is 4.79 Å². The average molecular weight is 561 g/mol. The first-order valence-corrected chi connectivity index (χ1v) is 13.5. The number of hydrogen-bond acceptors (Lipinski definition) is 6. The van der Waals surface area contributed by atoms with E-state index in [2.05, 4.69) is 18.9 Å². The lowest BCUT2D eigenvalue weighted by Gasteiger charge is -2.05. The number of Topliss-reactive ketones (excluding diaryl/α,β-unsaturated/α-hetero) is 1. The van der Waals surface area contributed by atoms with E-state index in [-0.39, 0.29) is 16.7 Å². The van der Waals surface area contributed by atoms with Gasteiger partial charge in [0.25, 0.3) is 0 Å². The minimum absolute atomic E-state index is 0.0300. The Labute approximate surface area is 227 Å². The quantitative estimate of drug-likeness (QED) is 0.223. The maximum Gasteiger partial charge on any atom is 0.355 e. The van der Waals surface area contributed by atoms with E-state index in [4.69, 9.17) is 28.2 Å². The molecule has 0 aliphatic carbocycles. The maximum atomic E-state index is 12.5. The van der Waals surface area contributed by atoms with Gasteiger partial charge in [0.05, 0.1) is 25.6 Å². The lowest BCUT2D eigenvalue weighted by molar-refractivity contribution is -0.116. The number of nitrogens with zero attached hydrogens (tertiary/aromatic N) is 3.